The molecule has 0 unspecified atom stereocenters. The minimum absolute atomic E-state index is 0. The molecule has 0 bridgehead atoms. The van der Waals surface area contributed by atoms with Crippen molar-refractivity contribution in [3.8, 4) is 11.5 Å². The number of carbonyl (C=O) groups is 4. The van der Waals surface area contributed by atoms with Gasteiger partial charge in [0.15, 0.2) is 25.5 Å². The van der Waals surface area contributed by atoms with E-state index in [4.69, 9.17) is 24.8 Å². The second kappa shape index (κ2) is 30.7. The van der Waals surface area contributed by atoms with Crippen LogP contribution in [0.25, 0.3) is 0 Å². The van der Waals surface area contributed by atoms with E-state index in [9.17, 15) is 44.8 Å². The van der Waals surface area contributed by atoms with Gasteiger partial charge in [0.05, 0.1) is 9.79 Å². The molecule has 54 heavy (non-hydrogen) atoms. The van der Waals surface area contributed by atoms with Crippen LogP contribution in [0.15, 0.2) is 70.5 Å². The van der Waals surface area contributed by atoms with Crippen molar-refractivity contribution in [3.05, 3.63) is 72.3 Å². The molecule has 0 fully saturated rings. The van der Waals surface area contributed by atoms with E-state index in [0.717, 1.165) is 62.7 Å². The molecule has 19 heteroatoms. The maximum Gasteiger partial charge on any atom is 0.328 e. The standard InChI is InChI=1S/2C12H18FNO3S.C5H6O3.C4H4O4.2CH4/c2*1-3-4-14-5-6-17-11-7-10(13)8-12(9-11)18(2,15)16;1-4(6)2-3-5(7)8;5-3(6)1-2-4(7)8;;/h2*7-9,14H,3-6H2,1-2H3;2-3H,1H3,(H,7,8);1-2H,(H,5,6)(H,7,8);2*1H4/b;;3-2+;2-1+;;. The quantitative estimate of drug-likeness (QED) is 0.103. The Morgan fingerprint density at radius 1 is 0.611 bits per heavy atom. The SMILES string of the molecule is C.C.CC(=O)/C=C/C(=O)O.CCCNCCOc1cc(F)cc(S(C)(=O)=O)c1.CCCNCCOc1cc(F)cc(S(C)(=O)=O)c1.O=C(O)/C=C/C(=O)O. The number of aliphatic carboxylic acids is 3. The van der Waals surface area contributed by atoms with Crippen LogP contribution in [-0.2, 0) is 38.9 Å². The molecule has 0 saturated heterocycles. The van der Waals surface area contributed by atoms with E-state index < -0.39 is 49.2 Å². The molecule has 0 aromatic heterocycles. The van der Waals surface area contributed by atoms with Gasteiger partial charge < -0.3 is 35.4 Å². The molecule has 5 N–H and O–H groups in total. The van der Waals surface area contributed by atoms with E-state index >= 15 is 0 Å². The van der Waals surface area contributed by atoms with Crippen LogP contribution < -0.4 is 20.1 Å². The van der Waals surface area contributed by atoms with Crippen molar-refractivity contribution in [2.45, 2.75) is 58.3 Å². The second-order valence-corrected chi connectivity index (χ2v) is 14.3. The van der Waals surface area contributed by atoms with Gasteiger partial charge in [0.2, 0.25) is 0 Å². The molecule has 2 rings (SSSR count). The summed E-state index contributed by atoms with van der Waals surface area (Å²) in [5.41, 5.74) is 0. The lowest BCUT2D eigenvalue weighted by molar-refractivity contribution is -0.134. The monoisotopic (exact) mass is 812 g/mol. The molecular formula is C35H54F2N2O13S2. The van der Waals surface area contributed by atoms with Gasteiger partial charge >= 0.3 is 17.9 Å². The lowest BCUT2D eigenvalue weighted by atomic mass is 10.3. The van der Waals surface area contributed by atoms with Crippen LogP contribution in [0.4, 0.5) is 8.78 Å². The molecule has 0 amide bonds. The fourth-order valence-corrected chi connectivity index (χ4v) is 4.40. The molecule has 0 aliphatic heterocycles. The summed E-state index contributed by atoms with van der Waals surface area (Å²) >= 11 is 0. The number of hydrogen-bond donors (Lipinski definition) is 5. The number of hydrogen-bond acceptors (Lipinski definition) is 12. The Bertz CT molecular complexity index is 1560. The van der Waals surface area contributed by atoms with Crippen molar-refractivity contribution in [2.24, 2.45) is 0 Å². The zero-order chi connectivity index (χ0) is 40.3. The lowest BCUT2D eigenvalue weighted by Crippen LogP contribution is -2.21. The van der Waals surface area contributed by atoms with Crippen molar-refractivity contribution in [1.29, 1.82) is 0 Å². The number of ether oxygens (including phenoxy) is 2. The van der Waals surface area contributed by atoms with Gasteiger partial charge in [-0.25, -0.2) is 40.0 Å². The summed E-state index contributed by atoms with van der Waals surface area (Å²) in [6, 6.07) is 6.98. The molecule has 15 nitrogen and oxygen atoms in total. The van der Waals surface area contributed by atoms with E-state index in [1.165, 1.54) is 31.2 Å². The summed E-state index contributed by atoms with van der Waals surface area (Å²) in [6.07, 6.45) is 7.05. The van der Waals surface area contributed by atoms with Crippen LogP contribution in [0.1, 0.15) is 48.5 Å². The molecule has 0 atom stereocenters. The maximum absolute atomic E-state index is 13.2. The number of allylic oxidation sites excluding steroid dienone is 1. The largest absolute Gasteiger partial charge is 0.492 e. The molecule has 2 aromatic carbocycles. The van der Waals surface area contributed by atoms with Crippen LogP contribution >= 0.6 is 0 Å². The predicted octanol–water partition coefficient (Wildman–Crippen LogP) is 4.42. The molecular weight excluding hydrogens is 759 g/mol. The smallest absolute Gasteiger partial charge is 0.328 e. The number of nitrogens with one attached hydrogen (secondary N) is 2. The summed E-state index contributed by atoms with van der Waals surface area (Å²) in [6.45, 7) is 9.19. The van der Waals surface area contributed by atoms with Gasteiger partial charge in [-0.05, 0) is 63.2 Å². The minimum atomic E-state index is -3.42. The zero-order valence-electron chi connectivity index (χ0n) is 29.4. The third-order valence-electron chi connectivity index (χ3n) is 5.32. The van der Waals surface area contributed by atoms with Gasteiger partial charge in [-0.2, -0.15) is 0 Å². The third kappa shape index (κ3) is 33.1. The van der Waals surface area contributed by atoms with Crippen molar-refractivity contribution >= 4 is 43.4 Å². The van der Waals surface area contributed by atoms with Gasteiger partial charge in [-0.1, -0.05) is 28.7 Å². The Balaban J connectivity index is -0.000000326. The fourth-order valence-electron chi connectivity index (χ4n) is 3.09. The summed E-state index contributed by atoms with van der Waals surface area (Å²) in [4.78, 5) is 38.6. The molecule has 0 radical (unpaired) electrons. The number of halogens is 2. The second-order valence-electron chi connectivity index (χ2n) is 10.3. The molecule has 0 aliphatic rings. The molecule has 2 aromatic rings. The number of carbonyl (C=O) groups excluding carboxylic acids is 1. The number of benzene rings is 2. The minimum Gasteiger partial charge on any atom is -0.492 e. The average molecular weight is 813 g/mol. The van der Waals surface area contributed by atoms with Crippen LogP contribution in [0.5, 0.6) is 11.5 Å². The normalized spacial score (nSPS) is 10.5. The Morgan fingerprint density at radius 2 is 0.926 bits per heavy atom. The van der Waals surface area contributed by atoms with Crippen LogP contribution in [0.2, 0.25) is 0 Å². The number of rotatable bonds is 18. The average Bonchev–Trinajstić information content (AvgIpc) is 3.02. The van der Waals surface area contributed by atoms with E-state index in [1.807, 2.05) is 0 Å². The summed E-state index contributed by atoms with van der Waals surface area (Å²) < 4.78 is 82.3. The topological polar surface area (TPSA) is 240 Å². The molecule has 0 heterocycles. The molecule has 0 spiro atoms. The van der Waals surface area contributed by atoms with Gasteiger partial charge in [0.1, 0.15) is 36.3 Å². The van der Waals surface area contributed by atoms with Crippen molar-refractivity contribution in [3.63, 3.8) is 0 Å². The van der Waals surface area contributed by atoms with Gasteiger partial charge in [0, 0.05) is 56.0 Å². The molecule has 308 valence electrons. The van der Waals surface area contributed by atoms with E-state index in [0.29, 0.717) is 38.5 Å². The summed E-state index contributed by atoms with van der Waals surface area (Å²) in [5.74, 6) is -4.64. The maximum atomic E-state index is 13.2. The van der Waals surface area contributed by atoms with E-state index in [1.54, 1.807) is 0 Å². The van der Waals surface area contributed by atoms with Gasteiger partial charge in [-0.15, -0.1) is 0 Å². The van der Waals surface area contributed by atoms with Crippen molar-refractivity contribution in [1.82, 2.24) is 10.6 Å². The number of carboxylic acid groups (broad SMARTS) is 3. The van der Waals surface area contributed by atoms with E-state index in [-0.39, 0.29) is 41.9 Å². The Kier molecular flexibility index (Phi) is 31.9. The number of carboxylic acids is 3. The van der Waals surface area contributed by atoms with Crippen molar-refractivity contribution in [2.75, 3.05) is 51.9 Å². The fraction of sp³-hybridized carbons (Fsp3) is 0.429. The first-order valence-corrected chi connectivity index (χ1v) is 19.1. The summed E-state index contributed by atoms with van der Waals surface area (Å²) in [7, 11) is -6.85. The summed E-state index contributed by atoms with van der Waals surface area (Å²) in [5, 5.41) is 29.8. The first-order valence-electron chi connectivity index (χ1n) is 15.4. The third-order valence-corrected chi connectivity index (χ3v) is 7.51. The Labute approximate surface area is 316 Å². The van der Waals surface area contributed by atoms with Crippen LogP contribution in [-0.4, -0.2) is 108 Å². The highest BCUT2D eigenvalue weighted by Gasteiger charge is 2.12. The number of ketones is 1. The zero-order valence-corrected chi connectivity index (χ0v) is 31.1. The van der Waals surface area contributed by atoms with Gasteiger partial charge in [-0.3, -0.25) is 4.79 Å². The first kappa shape index (κ1) is 56.0. The highest BCUT2D eigenvalue weighted by atomic mass is 32.2. The first-order chi connectivity index (χ1) is 24.1. The Morgan fingerprint density at radius 3 is 1.17 bits per heavy atom. The molecule has 0 saturated carbocycles. The van der Waals surface area contributed by atoms with Crippen LogP contribution in [0, 0.1) is 11.6 Å². The van der Waals surface area contributed by atoms with Gasteiger partial charge in [0.25, 0.3) is 0 Å². The van der Waals surface area contributed by atoms with Crippen LogP contribution in [0.3, 0.4) is 0 Å². The highest BCUT2D eigenvalue weighted by Crippen LogP contribution is 2.21. The molecule has 0 aliphatic carbocycles. The number of sulfone groups is 2. The Hall–Kier alpha value is -4.72. The highest BCUT2D eigenvalue weighted by molar-refractivity contribution is 7.91. The lowest BCUT2D eigenvalue weighted by Gasteiger charge is -2.08. The van der Waals surface area contributed by atoms with E-state index in [2.05, 4.69) is 24.5 Å². The van der Waals surface area contributed by atoms with Crippen molar-refractivity contribution < 1.29 is 69.6 Å². The predicted molar refractivity (Wildman–Crippen MR) is 202 cm³/mol.